The number of rotatable bonds is 3. The van der Waals surface area contributed by atoms with Gasteiger partial charge in [0.15, 0.2) is 0 Å². The highest BCUT2D eigenvalue weighted by atomic mass is 16.2. The molecule has 0 unspecified atom stereocenters. The Bertz CT molecular complexity index is 335. The van der Waals surface area contributed by atoms with Crippen molar-refractivity contribution in [2.75, 3.05) is 32.7 Å². The lowest BCUT2D eigenvalue weighted by Gasteiger charge is -2.23. The number of hydrogen-bond acceptors (Lipinski definition) is 2. The molecule has 3 nitrogen and oxygen atoms in total. The van der Waals surface area contributed by atoms with Crippen LogP contribution in [0.5, 0.6) is 0 Å². The molecule has 0 aliphatic carbocycles. The summed E-state index contributed by atoms with van der Waals surface area (Å²) in [5.74, 6) is 2.33. The van der Waals surface area contributed by atoms with Crippen LogP contribution in [-0.2, 0) is 4.79 Å². The van der Waals surface area contributed by atoms with Crippen LogP contribution in [0.2, 0.25) is 0 Å². The number of hydrogen-bond donors (Lipinski definition) is 0. The molecule has 0 bridgehead atoms. The van der Waals surface area contributed by atoms with Crippen LogP contribution in [-0.4, -0.2) is 48.4 Å². The zero-order valence-electron chi connectivity index (χ0n) is 12.7. The number of carbonyl (C=O) groups is 1. The van der Waals surface area contributed by atoms with Gasteiger partial charge in [-0.05, 0) is 50.6 Å². The van der Waals surface area contributed by atoms with Gasteiger partial charge in [-0.25, -0.2) is 0 Å². The zero-order chi connectivity index (χ0) is 14.0. The first-order valence-corrected chi connectivity index (χ1v) is 7.64. The van der Waals surface area contributed by atoms with Gasteiger partial charge in [0.1, 0.15) is 0 Å². The fourth-order valence-electron chi connectivity index (χ4n) is 3.54. The summed E-state index contributed by atoms with van der Waals surface area (Å²) in [4.78, 5) is 16.6. The average Bonchev–Trinajstić information content (AvgIpc) is 2.66. The lowest BCUT2D eigenvalue weighted by molar-refractivity contribution is -0.126. The first-order valence-electron chi connectivity index (χ1n) is 7.64. The summed E-state index contributed by atoms with van der Waals surface area (Å²) in [5, 5.41) is 0. The van der Waals surface area contributed by atoms with E-state index in [0.717, 1.165) is 19.0 Å². The monoisotopic (exact) mass is 264 g/mol. The Balaban J connectivity index is 1.89. The second-order valence-corrected chi connectivity index (χ2v) is 6.78. The van der Waals surface area contributed by atoms with Gasteiger partial charge in [-0.1, -0.05) is 20.4 Å². The van der Waals surface area contributed by atoms with E-state index in [1.807, 2.05) is 11.8 Å². The van der Waals surface area contributed by atoms with Crippen LogP contribution in [0, 0.1) is 17.8 Å². The van der Waals surface area contributed by atoms with Crippen molar-refractivity contribution in [3.63, 3.8) is 0 Å². The van der Waals surface area contributed by atoms with E-state index in [1.165, 1.54) is 32.5 Å². The van der Waals surface area contributed by atoms with Gasteiger partial charge in [0.25, 0.3) is 0 Å². The van der Waals surface area contributed by atoms with Crippen LogP contribution >= 0.6 is 0 Å². The molecule has 2 aliphatic rings. The first kappa shape index (κ1) is 14.6. The maximum Gasteiger partial charge on any atom is 0.248 e. The second-order valence-electron chi connectivity index (χ2n) is 6.78. The normalized spacial score (nSPS) is 28.3. The summed E-state index contributed by atoms with van der Waals surface area (Å²) in [6, 6.07) is 0. The van der Waals surface area contributed by atoms with Crippen molar-refractivity contribution in [1.29, 1.82) is 0 Å². The number of nitrogens with zero attached hydrogens (tertiary/aromatic N) is 2. The molecule has 0 N–H and O–H groups in total. The molecule has 3 heteroatoms. The third-order valence-electron chi connectivity index (χ3n) is 4.48. The van der Waals surface area contributed by atoms with Crippen molar-refractivity contribution in [2.45, 2.75) is 33.6 Å². The van der Waals surface area contributed by atoms with Crippen molar-refractivity contribution in [1.82, 2.24) is 9.80 Å². The van der Waals surface area contributed by atoms with E-state index in [2.05, 4.69) is 25.3 Å². The molecular formula is C16H28N2O. The van der Waals surface area contributed by atoms with Crippen LogP contribution in [0.25, 0.3) is 0 Å². The van der Waals surface area contributed by atoms with E-state index in [4.69, 9.17) is 0 Å². The van der Waals surface area contributed by atoms with E-state index in [1.54, 1.807) is 0 Å². The minimum atomic E-state index is 0.159. The summed E-state index contributed by atoms with van der Waals surface area (Å²) in [7, 11) is 0. The molecule has 1 amide bonds. The van der Waals surface area contributed by atoms with Crippen molar-refractivity contribution in [3.8, 4) is 0 Å². The van der Waals surface area contributed by atoms with Crippen molar-refractivity contribution < 1.29 is 4.79 Å². The Hall–Kier alpha value is -0.830. The lowest BCUT2D eigenvalue weighted by atomic mass is 9.92. The maximum absolute atomic E-state index is 12.0. The quantitative estimate of drug-likeness (QED) is 0.731. The average molecular weight is 264 g/mol. The standard InChI is InChI=1S/C16H28N2O/c1-12(2)9-17-7-5-14-10-18(16(19)13(3)4)11-15(14)6-8-17/h12,14-15H,3,5-11H2,1-2,4H3/t14-,15+. The van der Waals surface area contributed by atoms with Crippen molar-refractivity contribution in [3.05, 3.63) is 12.2 Å². The highest BCUT2D eigenvalue weighted by Crippen LogP contribution is 2.32. The second kappa shape index (κ2) is 6.08. The van der Waals surface area contributed by atoms with Crippen LogP contribution in [0.4, 0.5) is 0 Å². The van der Waals surface area contributed by atoms with E-state index in [0.29, 0.717) is 17.4 Å². The van der Waals surface area contributed by atoms with Crippen LogP contribution < -0.4 is 0 Å². The highest BCUT2D eigenvalue weighted by Gasteiger charge is 2.36. The van der Waals surface area contributed by atoms with E-state index in [9.17, 15) is 4.79 Å². The molecule has 2 heterocycles. The third kappa shape index (κ3) is 3.59. The predicted molar refractivity (Wildman–Crippen MR) is 78.9 cm³/mol. The highest BCUT2D eigenvalue weighted by molar-refractivity contribution is 5.92. The summed E-state index contributed by atoms with van der Waals surface area (Å²) < 4.78 is 0. The molecule has 2 fully saturated rings. The van der Waals surface area contributed by atoms with Gasteiger partial charge in [0.2, 0.25) is 5.91 Å². The van der Waals surface area contributed by atoms with Gasteiger partial charge >= 0.3 is 0 Å². The molecular weight excluding hydrogens is 236 g/mol. The Labute approximate surface area is 117 Å². The third-order valence-corrected chi connectivity index (χ3v) is 4.48. The van der Waals surface area contributed by atoms with Crippen LogP contribution in [0.15, 0.2) is 12.2 Å². The maximum atomic E-state index is 12.0. The van der Waals surface area contributed by atoms with Gasteiger partial charge in [0.05, 0.1) is 0 Å². The van der Waals surface area contributed by atoms with E-state index >= 15 is 0 Å². The summed E-state index contributed by atoms with van der Waals surface area (Å²) in [6.45, 7) is 15.7. The molecule has 2 saturated heterocycles. The number of likely N-dealkylation sites (tertiary alicyclic amines) is 2. The molecule has 0 radical (unpaired) electrons. The number of fused-ring (bicyclic) bond motifs is 1. The molecule has 0 aromatic carbocycles. The Morgan fingerprint density at radius 2 is 1.74 bits per heavy atom. The lowest BCUT2D eigenvalue weighted by Crippen LogP contribution is -2.32. The first-order chi connectivity index (χ1) is 8.97. The minimum absolute atomic E-state index is 0.159. The summed E-state index contributed by atoms with van der Waals surface area (Å²) in [5.41, 5.74) is 0.679. The van der Waals surface area contributed by atoms with Crippen molar-refractivity contribution >= 4 is 5.91 Å². The molecule has 2 rings (SSSR count). The Morgan fingerprint density at radius 3 is 2.16 bits per heavy atom. The summed E-state index contributed by atoms with van der Waals surface area (Å²) >= 11 is 0. The molecule has 0 saturated carbocycles. The SMILES string of the molecule is C=C(C)C(=O)N1C[C@H]2CCN(CC(C)C)CC[C@H]2C1. The molecule has 19 heavy (non-hydrogen) atoms. The van der Waals surface area contributed by atoms with Gasteiger partial charge in [-0.2, -0.15) is 0 Å². The Morgan fingerprint density at radius 1 is 1.21 bits per heavy atom. The Kier molecular flexibility index (Phi) is 4.67. The van der Waals surface area contributed by atoms with E-state index < -0.39 is 0 Å². The largest absolute Gasteiger partial charge is 0.338 e. The topological polar surface area (TPSA) is 23.6 Å². The fourth-order valence-corrected chi connectivity index (χ4v) is 3.54. The predicted octanol–water partition coefficient (Wildman–Crippen LogP) is 2.39. The van der Waals surface area contributed by atoms with Gasteiger partial charge in [-0.15, -0.1) is 0 Å². The van der Waals surface area contributed by atoms with Gasteiger partial charge in [-0.3, -0.25) is 4.79 Å². The molecule has 108 valence electrons. The number of amides is 1. The van der Waals surface area contributed by atoms with Crippen LogP contribution in [0.1, 0.15) is 33.6 Å². The minimum Gasteiger partial charge on any atom is -0.338 e. The molecule has 2 atom stereocenters. The smallest absolute Gasteiger partial charge is 0.248 e. The molecule has 0 spiro atoms. The molecule has 0 aromatic rings. The molecule has 0 aromatic heterocycles. The fraction of sp³-hybridized carbons (Fsp3) is 0.812. The van der Waals surface area contributed by atoms with Gasteiger partial charge < -0.3 is 9.80 Å². The number of carbonyl (C=O) groups excluding carboxylic acids is 1. The van der Waals surface area contributed by atoms with Crippen molar-refractivity contribution in [2.24, 2.45) is 17.8 Å². The van der Waals surface area contributed by atoms with Crippen LogP contribution in [0.3, 0.4) is 0 Å². The van der Waals surface area contributed by atoms with Gasteiger partial charge in [0, 0.05) is 25.2 Å². The summed E-state index contributed by atoms with van der Waals surface area (Å²) in [6.07, 6.45) is 2.49. The molecule has 2 aliphatic heterocycles. The van der Waals surface area contributed by atoms with E-state index in [-0.39, 0.29) is 5.91 Å². The zero-order valence-corrected chi connectivity index (χ0v) is 12.7.